The number of halogens is 1. The lowest BCUT2D eigenvalue weighted by molar-refractivity contribution is -0.116. The molecule has 1 aliphatic heterocycles. The summed E-state index contributed by atoms with van der Waals surface area (Å²) in [6.45, 7) is 0. The first kappa shape index (κ1) is 13.2. The van der Waals surface area contributed by atoms with E-state index in [1.54, 1.807) is 6.07 Å². The largest absolute Gasteiger partial charge is 0.455 e. The lowest BCUT2D eigenvalue weighted by Crippen LogP contribution is -2.19. The molecule has 2 aromatic carbocycles. The van der Waals surface area contributed by atoms with Crippen LogP contribution in [-0.4, -0.2) is 5.91 Å². The zero-order chi connectivity index (χ0) is 14.1. The standard InChI is InChI=1S/C15H13IN2O2/c16-10-2-4-11(5-3-10)20-14-7-9-1-6-15(19)18-13(9)8-12(14)17/h2-5,7-8H,1,6,17H2,(H,18,19). The SMILES string of the molecule is Nc1cc2c(cc1Oc1ccc(I)cc1)CCC(=O)N2. The molecule has 0 unspecified atom stereocenters. The van der Waals surface area contributed by atoms with E-state index in [4.69, 9.17) is 10.5 Å². The minimum absolute atomic E-state index is 0.0307. The Morgan fingerprint density at radius 1 is 1.15 bits per heavy atom. The second kappa shape index (κ2) is 5.32. The maximum atomic E-state index is 11.4. The Bertz CT molecular complexity index is 668. The van der Waals surface area contributed by atoms with Crippen LogP contribution in [0.5, 0.6) is 11.5 Å². The molecule has 0 bridgehead atoms. The number of nitrogens with one attached hydrogen (secondary N) is 1. The molecule has 0 saturated carbocycles. The number of nitrogen functional groups attached to an aromatic ring is 1. The molecule has 0 atom stereocenters. The van der Waals surface area contributed by atoms with E-state index in [-0.39, 0.29) is 5.91 Å². The summed E-state index contributed by atoms with van der Waals surface area (Å²) in [6, 6.07) is 11.4. The topological polar surface area (TPSA) is 64.3 Å². The highest BCUT2D eigenvalue weighted by Crippen LogP contribution is 2.35. The van der Waals surface area contributed by atoms with E-state index in [9.17, 15) is 4.79 Å². The number of anilines is 2. The van der Waals surface area contributed by atoms with Gasteiger partial charge in [-0.2, -0.15) is 0 Å². The molecule has 20 heavy (non-hydrogen) atoms. The van der Waals surface area contributed by atoms with Gasteiger partial charge in [0.05, 0.1) is 5.69 Å². The van der Waals surface area contributed by atoms with Crippen LogP contribution in [0.1, 0.15) is 12.0 Å². The number of amides is 1. The van der Waals surface area contributed by atoms with Gasteiger partial charge >= 0.3 is 0 Å². The van der Waals surface area contributed by atoms with Crippen molar-refractivity contribution in [2.75, 3.05) is 11.1 Å². The Morgan fingerprint density at radius 2 is 1.90 bits per heavy atom. The second-order valence-electron chi connectivity index (χ2n) is 4.65. The van der Waals surface area contributed by atoms with Crippen molar-refractivity contribution in [3.63, 3.8) is 0 Å². The first-order valence-corrected chi connectivity index (χ1v) is 7.35. The van der Waals surface area contributed by atoms with Crippen LogP contribution in [0, 0.1) is 3.57 Å². The molecular weight excluding hydrogens is 367 g/mol. The van der Waals surface area contributed by atoms with E-state index >= 15 is 0 Å². The average molecular weight is 380 g/mol. The Morgan fingerprint density at radius 3 is 2.65 bits per heavy atom. The summed E-state index contributed by atoms with van der Waals surface area (Å²) >= 11 is 2.24. The molecule has 0 spiro atoms. The molecule has 1 amide bonds. The van der Waals surface area contributed by atoms with Crippen molar-refractivity contribution in [1.82, 2.24) is 0 Å². The molecule has 0 radical (unpaired) electrons. The predicted octanol–water partition coefficient (Wildman–Crippen LogP) is 3.55. The molecule has 1 aliphatic rings. The lowest BCUT2D eigenvalue weighted by Gasteiger charge is -2.19. The molecule has 102 valence electrons. The Kier molecular flexibility index (Phi) is 3.52. The summed E-state index contributed by atoms with van der Waals surface area (Å²) < 4.78 is 6.97. The van der Waals surface area contributed by atoms with Gasteiger partial charge in [0.2, 0.25) is 5.91 Å². The summed E-state index contributed by atoms with van der Waals surface area (Å²) in [5.41, 5.74) is 8.35. The van der Waals surface area contributed by atoms with Crippen LogP contribution >= 0.6 is 22.6 Å². The number of ether oxygens (including phenoxy) is 1. The minimum atomic E-state index is 0.0307. The number of aryl methyl sites for hydroxylation is 1. The zero-order valence-electron chi connectivity index (χ0n) is 10.7. The molecule has 0 aromatic heterocycles. The molecule has 0 fully saturated rings. The fraction of sp³-hybridized carbons (Fsp3) is 0.133. The van der Waals surface area contributed by atoms with E-state index in [2.05, 4.69) is 27.9 Å². The van der Waals surface area contributed by atoms with Crippen LogP contribution < -0.4 is 15.8 Å². The normalized spacial score (nSPS) is 13.6. The van der Waals surface area contributed by atoms with Crippen molar-refractivity contribution in [2.45, 2.75) is 12.8 Å². The van der Waals surface area contributed by atoms with Crippen LogP contribution in [0.15, 0.2) is 36.4 Å². The van der Waals surface area contributed by atoms with Crippen molar-refractivity contribution in [2.24, 2.45) is 0 Å². The lowest BCUT2D eigenvalue weighted by atomic mass is 10.0. The monoisotopic (exact) mass is 380 g/mol. The highest BCUT2D eigenvalue weighted by Gasteiger charge is 2.17. The zero-order valence-corrected chi connectivity index (χ0v) is 12.8. The number of hydrogen-bond donors (Lipinski definition) is 2. The highest BCUT2D eigenvalue weighted by atomic mass is 127. The molecule has 1 heterocycles. The number of benzene rings is 2. The number of carbonyl (C=O) groups is 1. The number of hydrogen-bond acceptors (Lipinski definition) is 3. The highest BCUT2D eigenvalue weighted by molar-refractivity contribution is 14.1. The molecule has 2 aromatic rings. The van der Waals surface area contributed by atoms with Gasteiger partial charge < -0.3 is 15.8 Å². The molecule has 3 N–H and O–H groups in total. The summed E-state index contributed by atoms with van der Waals surface area (Å²) in [5.74, 6) is 1.40. The fourth-order valence-corrected chi connectivity index (χ4v) is 2.50. The van der Waals surface area contributed by atoms with Gasteiger partial charge in [-0.1, -0.05) is 0 Å². The molecule has 5 heteroatoms. The minimum Gasteiger partial charge on any atom is -0.455 e. The van der Waals surface area contributed by atoms with Gasteiger partial charge in [-0.3, -0.25) is 4.79 Å². The third kappa shape index (κ3) is 2.72. The van der Waals surface area contributed by atoms with Crippen molar-refractivity contribution in [3.8, 4) is 11.5 Å². The van der Waals surface area contributed by atoms with E-state index in [1.165, 1.54) is 0 Å². The third-order valence-electron chi connectivity index (χ3n) is 3.17. The quantitative estimate of drug-likeness (QED) is 0.619. The van der Waals surface area contributed by atoms with Crippen molar-refractivity contribution < 1.29 is 9.53 Å². The summed E-state index contributed by atoms with van der Waals surface area (Å²) in [5, 5.41) is 2.82. The van der Waals surface area contributed by atoms with Gasteiger partial charge in [-0.15, -0.1) is 0 Å². The van der Waals surface area contributed by atoms with Gasteiger partial charge in [-0.25, -0.2) is 0 Å². The van der Waals surface area contributed by atoms with E-state index < -0.39 is 0 Å². The average Bonchev–Trinajstić information content (AvgIpc) is 2.42. The number of nitrogens with two attached hydrogens (primary N) is 1. The first-order valence-electron chi connectivity index (χ1n) is 6.27. The number of carbonyl (C=O) groups excluding carboxylic acids is 1. The molecule has 3 rings (SSSR count). The van der Waals surface area contributed by atoms with E-state index in [0.29, 0.717) is 24.3 Å². The maximum Gasteiger partial charge on any atom is 0.224 e. The summed E-state index contributed by atoms with van der Waals surface area (Å²) in [4.78, 5) is 11.4. The summed E-state index contributed by atoms with van der Waals surface area (Å²) in [7, 11) is 0. The smallest absolute Gasteiger partial charge is 0.224 e. The second-order valence-corrected chi connectivity index (χ2v) is 5.90. The number of fused-ring (bicyclic) bond motifs is 1. The summed E-state index contributed by atoms with van der Waals surface area (Å²) in [6.07, 6.45) is 1.21. The predicted molar refractivity (Wildman–Crippen MR) is 87.0 cm³/mol. The molecule has 4 nitrogen and oxygen atoms in total. The van der Waals surface area contributed by atoms with Crippen LogP contribution in [0.3, 0.4) is 0 Å². The van der Waals surface area contributed by atoms with E-state index in [1.807, 2.05) is 30.3 Å². The molecule has 0 aliphatic carbocycles. The Balaban J connectivity index is 1.90. The fourth-order valence-electron chi connectivity index (χ4n) is 2.14. The van der Waals surface area contributed by atoms with Gasteiger partial charge in [0.15, 0.2) is 5.75 Å². The van der Waals surface area contributed by atoms with Gasteiger partial charge in [-0.05, 0) is 71.0 Å². The van der Waals surface area contributed by atoms with Crippen LogP contribution in [0.25, 0.3) is 0 Å². The first-order chi connectivity index (χ1) is 9.61. The van der Waals surface area contributed by atoms with Gasteiger partial charge in [0.25, 0.3) is 0 Å². The third-order valence-corrected chi connectivity index (χ3v) is 3.89. The maximum absolute atomic E-state index is 11.4. The van der Waals surface area contributed by atoms with Crippen molar-refractivity contribution in [3.05, 3.63) is 45.5 Å². The van der Waals surface area contributed by atoms with Gasteiger partial charge in [0, 0.05) is 15.7 Å². The van der Waals surface area contributed by atoms with E-state index in [0.717, 1.165) is 20.6 Å². The van der Waals surface area contributed by atoms with Gasteiger partial charge in [0.1, 0.15) is 5.75 Å². The molecular formula is C15H13IN2O2. The molecule has 0 saturated heterocycles. The van der Waals surface area contributed by atoms with Crippen LogP contribution in [-0.2, 0) is 11.2 Å². The number of rotatable bonds is 2. The Labute approximate surface area is 130 Å². The van der Waals surface area contributed by atoms with Crippen LogP contribution in [0.2, 0.25) is 0 Å². The Hall–Kier alpha value is -1.76. The van der Waals surface area contributed by atoms with Crippen LogP contribution in [0.4, 0.5) is 11.4 Å². The van der Waals surface area contributed by atoms with Crippen molar-refractivity contribution >= 4 is 39.9 Å². The van der Waals surface area contributed by atoms with Crippen molar-refractivity contribution in [1.29, 1.82) is 0 Å².